The monoisotopic (exact) mass is 598 g/mol. The number of rotatable bonds is 9. The van der Waals surface area contributed by atoms with Gasteiger partial charge in [-0.15, -0.1) is 0 Å². The van der Waals surface area contributed by atoms with Gasteiger partial charge in [0.1, 0.15) is 0 Å². The maximum atomic E-state index is 14.0. The van der Waals surface area contributed by atoms with Crippen LogP contribution >= 0.6 is 19.8 Å². The van der Waals surface area contributed by atoms with E-state index in [0.29, 0.717) is 24.3 Å². The molecule has 0 radical (unpaired) electrons. The first-order chi connectivity index (χ1) is 19.4. The largest absolute Gasteiger partial charge is 0.357 e. The van der Waals surface area contributed by atoms with Crippen LogP contribution in [-0.2, 0) is 23.8 Å². The van der Waals surface area contributed by atoms with Gasteiger partial charge in [-0.05, 0) is 78.9 Å². The minimum absolute atomic E-state index is 0.0427. The predicted molar refractivity (Wildman–Crippen MR) is 166 cm³/mol. The lowest BCUT2D eigenvalue weighted by Crippen LogP contribution is -2.57. The highest BCUT2D eigenvalue weighted by molar-refractivity contribution is 7.80. The number of carbonyl (C=O) groups is 2. The minimum atomic E-state index is -3.68. The minimum Gasteiger partial charge on any atom is -0.345 e. The van der Waals surface area contributed by atoms with E-state index in [0.717, 1.165) is 29.5 Å². The quantitative estimate of drug-likeness (QED) is 0.229. The molecule has 0 bridgehead atoms. The molecular formula is C32H43N2O5PS. The van der Waals surface area contributed by atoms with Crippen LogP contribution in [0.4, 0.5) is 0 Å². The Kier molecular flexibility index (Phi) is 9.59. The average molecular weight is 599 g/mol. The zero-order valence-corrected chi connectivity index (χ0v) is 26.7. The van der Waals surface area contributed by atoms with Gasteiger partial charge in [-0.3, -0.25) is 14.2 Å². The molecule has 2 aliphatic rings. The maximum Gasteiger partial charge on any atom is 0.357 e. The molecule has 1 saturated carbocycles. The van der Waals surface area contributed by atoms with Crippen LogP contribution in [0.3, 0.4) is 0 Å². The first kappa shape index (κ1) is 31.6. The first-order valence-corrected chi connectivity index (χ1v) is 16.6. The van der Waals surface area contributed by atoms with Gasteiger partial charge < -0.3 is 19.7 Å². The summed E-state index contributed by atoms with van der Waals surface area (Å²) in [5, 5.41) is 6.01. The van der Waals surface area contributed by atoms with E-state index >= 15 is 0 Å². The molecule has 4 rings (SSSR count). The van der Waals surface area contributed by atoms with Gasteiger partial charge in [-0.1, -0.05) is 76.6 Å². The highest BCUT2D eigenvalue weighted by Gasteiger charge is 2.56. The summed E-state index contributed by atoms with van der Waals surface area (Å²) in [6.45, 7) is 12.3. The second-order valence-electron chi connectivity index (χ2n) is 11.9. The lowest BCUT2D eigenvalue weighted by molar-refractivity contribution is -0.136. The molecular weight excluding hydrogens is 555 g/mol. The van der Waals surface area contributed by atoms with Gasteiger partial charge in [0.25, 0.3) is 0 Å². The van der Waals surface area contributed by atoms with Crippen molar-refractivity contribution >= 4 is 36.6 Å². The Hall–Kier alpha value is -2.38. The average Bonchev–Trinajstić information content (AvgIpc) is 2.93. The molecule has 0 saturated heterocycles. The number of fused-ring (bicyclic) bond motifs is 3. The highest BCUT2D eigenvalue weighted by Crippen LogP contribution is 2.60. The fourth-order valence-electron chi connectivity index (χ4n) is 6.80. The zero-order valence-electron chi connectivity index (χ0n) is 25.0. The molecule has 0 spiro atoms. The summed E-state index contributed by atoms with van der Waals surface area (Å²) in [6, 6.07) is 15.4. The van der Waals surface area contributed by atoms with E-state index in [1.807, 2.05) is 43.3 Å². The van der Waals surface area contributed by atoms with E-state index < -0.39 is 18.8 Å². The number of hydrogen-bond acceptors (Lipinski definition) is 6. The number of hydrogen-bond donors (Lipinski definition) is 2. The molecule has 1 amide bonds. The molecule has 2 aliphatic carbocycles. The van der Waals surface area contributed by atoms with E-state index in [-0.39, 0.29) is 41.3 Å². The van der Waals surface area contributed by atoms with Crippen molar-refractivity contribution in [1.29, 1.82) is 0 Å². The maximum absolute atomic E-state index is 14.0. The Morgan fingerprint density at radius 2 is 1.71 bits per heavy atom. The van der Waals surface area contributed by atoms with Crippen LogP contribution in [0.1, 0.15) is 106 Å². The van der Waals surface area contributed by atoms with Gasteiger partial charge in [0.2, 0.25) is 5.91 Å². The smallest absolute Gasteiger partial charge is 0.345 e. The fraction of sp³-hybridized carbons (Fsp3) is 0.531. The van der Waals surface area contributed by atoms with Gasteiger partial charge in [-0.2, -0.15) is 0 Å². The topological polar surface area (TPSA) is 93.7 Å². The van der Waals surface area contributed by atoms with Crippen LogP contribution in [0, 0.1) is 11.3 Å². The summed E-state index contributed by atoms with van der Waals surface area (Å²) in [5.41, 5.74) is 2.52. The van der Waals surface area contributed by atoms with Gasteiger partial charge in [0.05, 0.1) is 18.6 Å². The summed E-state index contributed by atoms with van der Waals surface area (Å²) >= 11 is 5.62. The predicted octanol–water partition coefficient (Wildman–Crippen LogP) is 7.42. The molecule has 7 nitrogen and oxygen atoms in total. The summed E-state index contributed by atoms with van der Waals surface area (Å²) < 4.78 is 25.1. The molecule has 0 aliphatic heterocycles. The van der Waals surface area contributed by atoms with E-state index in [1.165, 1.54) is 0 Å². The second-order valence-corrected chi connectivity index (χ2v) is 14.5. The lowest BCUT2D eigenvalue weighted by atomic mass is 9.49. The molecule has 9 heteroatoms. The Morgan fingerprint density at radius 1 is 1.05 bits per heavy atom. The van der Waals surface area contributed by atoms with Gasteiger partial charge >= 0.3 is 7.60 Å². The van der Waals surface area contributed by atoms with Gasteiger partial charge in [0, 0.05) is 12.0 Å². The van der Waals surface area contributed by atoms with Crippen LogP contribution in [-0.4, -0.2) is 30.0 Å². The number of benzene rings is 2. The van der Waals surface area contributed by atoms with Crippen molar-refractivity contribution in [2.75, 3.05) is 13.2 Å². The number of carbonyl (C=O) groups excluding carboxylic acids is 2. The molecule has 1 unspecified atom stereocenters. The van der Waals surface area contributed by atoms with E-state index in [1.54, 1.807) is 13.8 Å². The normalized spacial score (nSPS) is 24.8. The number of thiocarbonyl (C=S) groups is 1. The van der Waals surface area contributed by atoms with Crippen LogP contribution < -0.4 is 10.6 Å². The van der Waals surface area contributed by atoms with Crippen LogP contribution in [0.2, 0.25) is 0 Å². The third-order valence-corrected chi connectivity index (χ3v) is 11.5. The lowest BCUT2D eigenvalue weighted by Gasteiger charge is -2.54. The zero-order chi connectivity index (χ0) is 30.0. The van der Waals surface area contributed by atoms with Crippen LogP contribution in [0.15, 0.2) is 48.5 Å². The SMILES string of the molecule is CCOP(=O)(OCC)C(NC(=S)NC(=O)[C@]1(C)CCC[C@]2(C)c3ccc(C(C)C)cc3C(=O)C[C@@H]12)c1ccccc1. The molecule has 2 N–H and O–H groups in total. The van der Waals surface area contributed by atoms with Gasteiger partial charge in [0.15, 0.2) is 16.7 Å². The third kappa shape index (κ3) is 6.08. The number of Topliss-reactive ketones (excluding diaryl/α,β-unsaturated/α-hetero) is 1. The molecule has 4 atom stereocenters. The summed E-state index contributed by atoms with van der Waals surface area (Å²) in [7, 11) is -3.68. The Bertz CT molecular complexity index is 1340. The second kappa shape index (κ2) is 12.5. The molecule has 41 heavy (non-hydrogen) atoms. The van der Waals surface area contributed by atoms with E-state index in [9.17, 15) is 14.2 Å². The van der Waals surface area contributed by atoms with Gasteiger partial charge in [-0.25, -0.2) is 0 Å². The summed E-state index contributed by atoms with van der Waals surface area (Å²) in [5.74, 6) is -0.908. The summed E-state index contributed by atoms with van der Waals surface area (Å²) in [6.07, 6.45) is 2.72. The van der Waals surface area contributed by atoms with Crippen LogP contribution in [0.5, 0.6) is 0 Å². The fourth-order valence-corrected chi connectivity index (χ4v) is 9.01. The molecule has 222 valence electrons. The third-order valence-electron chi connectivity index (χ3n) is 9.01. The molecule has 0 aromatic heterocycles. The first-order valence-electron chi connectivity index (χ1n) is 14.6. The molecule has 1 fully saturated rings. The standard InChI is InChI=1S/C32H43N2O5PS/c1-7-38-40(37,39-8-2)28(22-13-10-9-11-14-22)33-30(41)34-29(36)32(6)18-12-17-31(5)25-16-15-23(21(3)4)19-24(25)26(35)20-27(31)32/h9-11,13-16,19,21,27-28H,7-8,12,17-18,20H2,1-6H3,(H2,33,34,36,41)/t27-,28?,31-,32-/m1/s1. The number of nitrogens with one attached hydrogen (secondary N) is 2. The van der Waals surface area contributed by atoms with E-state index in [2.05, 4.69) is 43.5 Å². The Labute approximate surface area is 249 Å². The van der Waals surface area contributed by atoms with Crippen molar-refractivity contribution < 1.29 is 23.2 Å². The van der Waals surface area contributed by atoms with Crippen molar-refractivity contribution in [2.24, 2.45) is 11.3 Å². The van der Waals surface area contributed by atoms with Crippen molar-refractivity contribution in [2.45, 2.75) is 84.3 Å². The molecule has 0 heterocycles. The molecule has 2 aromatic rings. The Morgan fingerprint density at radius 3 is 2.32 bits per heavy atom. The van der Waals surface area contributed by atoms with E-state index in [4.69, 9.17) is 21.3 Å². The van der Waals surface area contributed by atoms with Crippen LogP contribution in [0.25, 0.3) is 0 Å². The molecule has 2 aromatic carbocycles. The van der Waals surface area contributed by atoms with Crippen molar-refractivity contribution in [1.82, 2.24) is 10.6 Å². The van der Waals surface area contributed by atoms with Crippen molar-refractivity contribution in [3.8, 4) is 0 Å². The highest BCUT2D eigenvalue weighted by atomic mass is 32.1. The number of amides is 1. The van der Waals surface area contributed by atoms with Crippen molar-refractivity contribution in [3.05, 3.63) is 70.8 Å². The van der Waals surface area contributed by atoms with Crippen molar-refractivity contribution in [3.63, 3.8) is 0 Å². The summed E-state index contributed by atoms with van der Waals surface area (Å²) in [4.78, 5) is 27.5. The Balaban J connectivity index is 1.60. The number of ketones is 1.